The van der Waals surface area contributed by atoms with Gasteiger partial charge in [0.15, 0.2) is 0 Å². The summed E-state index contributed by atoms with van der Waals surface area (Å²) in [5.74, 6) is 0.617. The molecule has 0 spiro atoms. The van der Waals surface area contributed by atoms with Crippen LogP contribution in [0.4, 0.5) is 11.4 Å². The second-order valence-electron chi connectivity index (χ2n) is 18.4. The zero-order chi connectivity index (χ0) is 40.7. The maximum atomic E-state index is 11.6. The number of aromatic hydroxyl groups is 2. The number of rotatable bonds is 8. The number of benzene rings is 4. The quantitative estimate of drug-likeness (QED) is 0.153. The lowest BCUT2D eigenvalue weighted by atomic mass is 9.77. The molecule has 9 heteroatoms. The Balaban J connectivity index is 1.75. The highest BCUT2D eigenvalue weighted by Crippen LogP contribution is 2.47. The summed E-state index contributed by atoms with van der Waals surface area (Å²) in [6.45, 7) is 25.3. The normalized spacial score (nSPS) is 14.2. The van der Waals surface area contributed by atoms with Crippen LogP contribution in [0.15, 0.2) is 105 Å². The van der Waals surface area contributed by atoms with Crippen LogP contribution >= 0.6 is 34.5 Å². The summed E-state index contributed by atoms with van der Waals surface area (Å²) in [5.41, 5.74) is 5.27. The average Bonchev–Trinajstić information content (AvgIpc) is 3.55. The number of thiophene rings is 1. The van der Waals surface area contributed by atoms with Crippen LogP contribution < -0.4 is 0 Å². The average molecular weight is 798 g/mol. The van der Waals surface area contributed by atoms with E-state index in [-0.39, 0.29) is 21.7 Å². The molecule has 0 aliphatic rings. The Hall–Kier alpha value is -4.04. The first-order valence-electron chi connectivity index (χ1n) is 18.6. The first kappa shape index (κ1) is 42.1. The van der Waals surface area contributed by atoms with Crippen LogP contribution in [0, 0.1) is 0 Å². The third-order valence-corrected chi connectivity index (χ3v) is 11.2. The van der Waals surface area contributed by atoms with Crippen molar-refractivity contribution in [2.75, 3.05) is 0 Å². The molecule has 0 bridgehead atoms. The van der Waals surface area contributed by atoms with Gasteiger partial charge in [-0.1, -0.05) is 106 Å². The van der Waals surface area contributed by atoms with Gasteiger partial charge in [-0.25, -0.2) is 0 Å². The Morgan fingerprint density at radius 3 is 0.982 bits per heavy atom. The van der Waals surface area contributed by atoms with Gasteiger partial charge in [0.05, 0.1) is 11.4 Å². The van der Waals surface area contributed by atoms with Crippen LogP contribution in [0.3, 0.4) is 0 Å². The molecule has 0 saturated carbocycles. The Morgan fingerprint density at radius 1 is 0.455 bits per heavy atom. The van der Waals surface area contributed by atoms with Gasteiger partial charge in [-0.15, -0.1) is 11.3 Å². The second kappa shape index (κ2) is 15.8. The van der Waals surface area contributed by atoms with Crippen LogP contribution in [-0.2, 0) is 21.7 Å². The van der Waals surface area contributed by atoms with Crippen LogP contribution in [0.5, 0.6) is 11.5 Å². The Labute approximate surface area is 341 Å². The molecule has 0 amide bonds. The fourth-order valence-corrected chi connectivity index (χ4v) is 7.80. The van der Waals surface area contributed by atoms with E-state index in [9.17, 15) is 10.2 Å². The fraction of sp³-hybridized carbons (Fsp3) is 0.391. The monoisotopic (exact) mass is 796 g/mol. The Bertz CT molecular complexity index is 1970. The van der Waals surface area contributed by atoms with Crippen molar-refractivity contribution in [1.82, 2.24) is 0 Å². The predicted octanol–water partition coefficient (Wildman–Crippen LogP) is 15.4. The number of halogens is 2. The predicted molar refractivity (Wildman–Crippen MR) is 231 cm³/mol. The highest BCUT2D eigenvalue weighted by molar-refractivity contribution is 7.12. The van der Waals surface area contributed by atoms with Crippen LogP contribution in [0.25, 0.3) is 0 Å². The van der Waals surface area contributed by atoms with Gasteiger partial charge in [-0.05, 0) is 140 Å². The first-order chi connectivity index (χ1) is 25.4. The van der Waals surface area contributed by atoms with Crippen molar-refractivity contribution in [2.24, 2.45) is 20.5 Å². The van der Waals surface area contributed by atoms with Crippen molar-refractivity contribution in [3.63, 3.8) is 0 Å². The molecule has 290 valence electrons. The zero-order valence-corrected chi connectivity index (χ0v) is 36.4. The molecule has 1 heterocycles. The third kappa shape index (κ3) is 10.0. The minimum atomic E-state index is -0.499. The van der Waals surface area contributed by atoms with Gasteiger partial charge in [0.2, 0.25) is 0 Å². The van der Waals surface area contributed by atoms with Gasteiger partial charge in [-0.2, -0.15) is 20.5 Å². The highest BCUT2D eigenvalue weighted by atomic mass is 35.5. The summed E-state index contributed by atoms with van der Waals surface area (Å²) in [4.78, 5) is 1.91. The molecule has 2 unspecified atom stereocenters. The molecule has 2 N–H and O–H groups in total. The van der Waals surface area contributed by atoms with E-state index in [1.54, 1.807) is 35.6 Å². The van der Waals surface area contributed by atoms with Gasteiger partial charge >= 0.3 is 0 Å². The molecule has 55 heavy (non-hydrogen) atoms. The number of azo groups is 2. The summed E-state index contributed by atoms with van der Waals surface area (Å²) in [6.07, 6.45) is 0. The third-order valence-electron chi connectivity index (χ3n) is 9.55. The lowest BCUT2D eigenvalue weighted by Crippen LogP contribution is -2.18. The SMILES string of the molecule is CC(C)(C)c1cc(C(N=Nc2ccc(Cl)cc2)c2ccc(C(N=Nc3ccc(Cl)cc3)c3cc(C(C)(C)C)c(O)c(C(C)(C)C)c3)s2)cc(C(C)(C)C)c1O. The maximum absolute atomic E-state index is 11.6. The van der Waals surface area contributed by atoms with E-state index in [1.807, 2.05) is 24.3 Å². The first-order valence-corrected chi connectivity index (χ1v) is 20.2. The Morgan fingerprint density at radius 2 is 0.727 bits per heavy atom. The number of phenolic OH excluding ortho intramolecular Hbond substituents is 2. The molecular weight excluding hydrogens is 744 g/mol. The van der Waals surface area contributed by atoms with Gasteiger partial charge in [0.25, 0.3) is 0 Å². The smallest absolute Gasteiger partial charge is 0.130 e. The molecule has 0 fully saturated rings. The standard InChI is InChI=1S/C46H54Cl2N4O2S/c1-43(2,3)33-23-27(24-34(41(33)53)44(4,5)6)39(51-49-31-17-13-29(47)14-18-31)37-21-22-38(55-37)40(52-50-32-19-15-30(48)16-20-32)28-25-35(45(7,8)9)42(54)36(26-28)46(10,11)12/h13-26,39-40,53-54H,1-12H3. The topological polar surface area (TPSA) is 89.9 Å². The molecule has 4 aromatic carbocycles. The minimum Gasteiger partial charge on any atom is -0.507 e. The summed E-state index contributed by atoms with van der Waals surface area (Å²) in [6, 6.07) is 26.0. The lowest BCUT2D eigenvalue weighted by molar-refractivity contribution is 0.421. The van der Waals surface area contributed by atoms with E-state index in [1.165, 1.54) is 0 Å². The molecule has 0 saturated heterocycles. The number of hydrogen-bond donors (Lipinski definition) is 2. The van der Waals surface area contributed by atoms with Crippen molar-refractivity contribution in [1.29, 1.82) is 0 Å². The van der Waals surface area contributed by atoms with E-state index < -0.39 is 12.1 Å². The molecule has 0 radical (unpaired) electrons. The van der Waals surface area contributed by atoms with E-state index in [0.717, 1.165) is 43.1 Å². The summed E-state index contributed by atoms with van der Waals surface area (Å²) in [7, 11) is 0. The van der Waals surface area contributed by atoms with Gasteiger partial charge < -0.3 is 10.2 Å². The van der Waals surface area contributed by atoms with Crippen molar-refractivity contribution >= 4 is 45.9 Å². The second-order valence-corrected chi connectivity index (χ2v) is 20.4. The summed E-state index contributed by atoms with van der Waals surface area (Å²) < 4.78 is 0. The zero-order valence-electron chi connectivity index (χ0n) is 34.1. The van der Waals surface area contributed by atoms with E-state index in [0.29, 0.717) is 32.9 Å². The van der Waals surface area contributed by atoms with Gasteiger partial charge in [0.1, 0.15) is 23.6 Å². The molecule has 5 rings (SSSR count). The van der Waals surface area contributed by atoms with E-state index >= 15 is 0 Å². The lowest BCUT2D eigenvalue weighted by Gasteiger charge is -2.29. The van der Waals surface area contributed by atoms with E-state index in [2.05, 4.69) is 119 Å². The number of phenols is 2. The largest absolute Gasteiger partial charge is 0.507 e. The Kier molecular flexibility index (Phi) is 12.1. The number of nitrogens with zero attached hydrogens (tertiary/aromatic N) is 4. The maximum Gasteiger partial charge on any atom is 0.130 e. The van der Waals surface area contributed by atoms with Crippen LogP contribution in [0.2, 0.25) is 10.0 Å². The number of hydrogen-bond acceptors (Lipinski definition) is 7. The van der Waals surface area contributed by atoms with Gasteiger partial charge in [0, 0.05) is 19.8 Å². The minimum absolute atomic E-state index is 0.309. The van der Waals surface area contributed by atoms with Crippen molar-refractivity contribution in [2.45, 2.75) is 117 Å². The molecule has 5 aromatic rings. The van der Waals surface area contributed by atoms with Crippen molar-refractivity contribution in [3.05, 3.63) is 138 Å². The van der Waals surface area contributed by atoms with E-state index in [4.69, 9.17) is 43.7 Å². The molecular formula is C46H54Cl2N4O2S. The van der Waals surface area contributed by atoms with Crippen molar-refractivity contribution < 1.29 is 10.2 Å². The van der Waals surface area contributed by atoms with Crippen molar-refractivity contribution in [3.8, 4) is 11.5 Å². The van der Waals surface area contributed by atoms with Crippen LogP contribution in [-0.4, -0.2) is 10.2 Å². The molecule has 0 aliphatic carbocycles. The molecule has 1 aromatic heterocycles. The molecule has 0 aliphatic heterocycles. The summed E-state index contributed by atoms with van der Waals surface area (Å²) in [5, 5.41) is 43.9. The summed E-state index contributed by atoms with van der Waals surface area (Å²) >= 11 is 14.0. The highest BCUT2D eigenvalue weighted by Gasteiger charge is 2.32. The molecule has 2 atom stereocenters. The molecule has 6 nitrogen and oxygen atoms in total. The van der Waals surface area contributed by atoms with Crippen LogP contribution in [0.1, 0.15) is 138 Å². The fourth-order valence-electron chi connectivity index (χ4n) is 6.42. The van der Waals surface area contributed by atoms with Gasteiger partial charge in [-0.3, -0.25) is 0 Å².